The van der Waals surface area contributed by atoms with Gasteiger partial charge in [-0.15, -0.1) is 0 Å². The summed E-state index contributed by atoms with van der Waals surface area (Å²) in [5, 5.41) is 14.1. The number of aromatic nitrogens is 2. The fraction of sp³-hybridized carbons (Fsp3) is 0.150. The van der Waals surface area contributed by atoms with Crippen LogP contribution in [0, 0.1) is 6.92 Å². The number of nitrogens with one attached hydrogen (secondary N) is 2. The summed E-state index contributed by atoms with van der Waals surface area (Å²) in [6.45, 7) is 4.10. The maximum atomic E-state index is 12.3. The van der Waals surface area contributed by atoms with Crippen molar-refractivity contribution in [2.75, 3.05) is 6.61 Å². The van der Waals surface area contributed by atoms with Gasteiger partial charge in [0.1, 0.15) is 11.3 Å². The van der Waals surface area contributed by atoms with Crippen LogP contribution in [0.3, 0.4) is 0 Å². The van der Waals surface area contributed by atoms with Crippen molar-refractivity contribution >= 4 is 16.2 Å². The maximum Gasteiger partial charge on any atom is 0.335 e. The molecule has 0 radical (unpaired) electrons. The normalized spacial score (nSPS) is 11.5. The average molecular weight is 444 g/mol. The number of ether oxygens (including phenoxy) is 1. The molecule has 162 valence electrons. The Morgan fingerprint density at radius 1 is 1.13 bits per heavy atom. The minimum atomic E-state index is -3.98. The SMILES string of the molecule is CCOc1ccc(-n2c(O)c(C=NNS(=O)(=O)c3ccc(C)cc3)c(=O)[nH]c2=O)cc1. The molecule has 0 saturated carbocycles. The van der Waals surface area contributed by atoms with Gasteiger partial charge in [0, 0.05) is 0 Å². The van der Waals surface area contributed by atoms with Gasteiger partial charge in [-0.3, -0.25) is 9.78 Å². The molecule has 0 spiro atoms. The van der Waals surface area contributed by atoms with Crippen LogP contribution < -0.4 is 20.8 Å². The van der Waals surface area contributed by atoms with E-state index in [1.807, 2.05) is 18.7 Å². The van der Waals surface area contributed by atoms with Crippen LogP contribution in [0.2, 0.25) is 0 Å². The molecule has 1 aromatic heterocycles. The van der Waals surface area contributed by atoms with Crippen molar-refractivity contribution in [1.82, 2.24) is 14.4 Å². The Morgan fingerprint density at radius 3 is 2.39 bits per heavy atom. The van der Waals surface area contributed by atoms with Crippen molar-refractivity contribution in [3.63, 3.8) is 0 Å². The van der Waals surface area contributed by atoms with E-state index >= 15 is 0 Å². The molecule has 0 amide bonds. The fourth-order valence-corrected chi connectivity index (χ4v) is 3.47. The molecule has 0 aliphatic heterocycles. The lowest BCUT2D eigenvalue weighted by atomic mass is 10.2. The molecule has 3 N–H and O–H groups in total. The number of hydrogen-bond donors (Lipinski definition) is 3. The number of aromatic hydroxyl groups is 1. The molecular formula is C20H20N4O6S. The standard InChI is InChI=1S/C20H20N4O6S/c1-3-30-15-8-6-14(7-9-15)24-19(26)17(18(25)22-20(24)27)12-21-23-31(28,29)16-10-4-13(2)5-11-16/h4-12,23,26H,3H2,1-2H3,(H,22,25,27). The summed E-state index contributed by atoms with van der Waals surface area (Å²) in [5.74, 6) is -0.133. The number of nitrogens with zero attached hydrogens (tertiary/aromatic N) is 2. The predicted octanol–water partition coefficient (Wildman–Crippen LogP) is 1.25. The van der Waals surface area contributed by atoms with E-state index in [4.69, 9.17) is 4.74 Å². The Kier molecular flexibility index (Phi) is 6.25. The molecule has 0 aliphatic rings. The fourth-order valence-electron chi connectivity index (χ4n) is 2.68. The van der Waals surface area contributed by atoms with Crippen LogP contribution in [-0.2, 0) is 10.0 Å². The quantitative estimate of drug-likeness (QED) is 0.370. The summed E-state index contributed by atoms with van der Waals surface area (Å²) < 4.78 is 30.8. The van der Waals surface area contributed by atoms with Crippen LogP contribution in [-0.4, -0.2) is 35.9 Å². The first-order chi connectivity index (χ1) is 14.7. The minimum absolute atomic E-state index is 0.0206. The molecule has 3 rings (SSSR count). The number of benzene rings is 2. The number of rotatable bonds is 7. The third-order valence-electron chi connectivity index (χ3n) is 4.22. The summed E-state index contributed by atoms with van der Waals surface area (Å²) in [6.07, 6.45) is 0.824. The van der Waals surface area contributed by atoms with Crippen molar-refractivity contribution in [1.29, 1.82) is 0 Å². The highest BCUT2D eigenvalue weighted by Gasteiger charge is 2.16. The van der Waals surface area contributed by atoms with E-state index in [0.29, 0.717) is 12.4 Å². The van der Waals surface area contributed by atoms with Gasteiger partial charge in [-0.1, -0.05) is 17.7 Å². The van der Waals surface area contributed by atoms with Gasteiger partial charge < -0.3 is 9.84 Å². The number of sulfonamides is 1. The largest absolute Gasteiger partial charge is 0.494 e. The number of aryl methyl sites for hydroxylation is 1. The van der Waals surface area contributed by atoms with Gasteiger partial charge in [0.15, 0.2) is 0 Å². The monoisotopic (exact) mass is 444 g/mol. The molecule has 0 fully saturated rings. The lowest BCUT2D eigenvalue weighted by molar-refractivity contribution is 0.340. The van der Waals surface area contributed by atoms with E-state index in [-0.39, 0.29) is 10.6 Å². The van der Waals surface area contributed by atoms with Crippen molar-refractivity contribution in [2.24, 2.45) is 5.10 Å². The summed E-state index contributed by atoms with van der Waals surface area (Å²) in [4.78, 5) is 28.4. The second kappa shape index (κ2) is 8.88. The molecular weight excluding hydrogens is 424 g/mol. The highest BCUT2D eigenvalue weighted by molar-refractivity contribution is 7.89. The molecule has 0 saturated heterocycles. The van der Waals surface area contributed by atoms with E-state index in [1.165, 1.54) is 24.3 Å². The molecule has 1 heterocycles. The molecule has 0 bridgehead atoms. The number of H-pyrrole nitrogens is 1. The van der Waals surface area contributed by atoms with Gasteiger partial charge >= 0.3 is 5.69 Å². The molecule has 0 unspecified atom stereocenters. The Morgan fingerprint density at radius 2 is 1.77 bits per heavy atom. The van der Waals surface area contributed by atoms with Crippen molar-refractivity contribution in [3.05, 3.63) is 80.5 Å². The smallest absolute Gasteiger partial charge is 0.335 e. The van der Waals surface area contributed by atoms with Crippen molar-refractivity contribution < 1.29 is 18.3 Å². The molecule has 11 heteroatoms. The summed E-state index contributed by atoms with van der Waals surface area (Å²) >= 11 is 0. The molecule has 3 aromatic rings. The zero-order valence-electron chi connectivity index (χ0n) is 16.7. The van der Waals surface area contributed by atoms with Crippen molar-refractivity contribution in [3.8, 4) is 17.3 Å². The van der Waals surface area contributed by atoms with Gasteiger partial charge in [-0.2, -0.15) is 13.5 Å². The van der Waals surface area contributed by atoms with Crippen LogP contribution >= 0.6 is 0 Å². The van der Waals surface area contributed by atoms with Crippen molar-refractivity contribution in [2.45, 2.75) is 18.7 Å². The molecule has 10 nitrogen and oxygen atoms in total. The Hall–Kier alpha value is -3.86. The highest BCUT2D eigenvalue weighted by atomic mass is 32.2. The van der Waals surface area contributed by atoms with E-state index in [9.17, 15) is 23.1 Å². The third kappa shape index (κ3) is 4.83. The Labute approximate surface area is 177 Å². The Balaban J connectivity index is 1.93. The van der Waals surface area contributed by atoms with Crippen LogP contribution in [0.25, 0.3) is 5.69 Å². The van der Waals surface area contributed by atoms with Crippen LogP contribution in [0.15, 0.2) is 68.1 Å². The van der Waals surface area contributed by atoms with E-state index < -0.39 is 32.7 Å². The zero-order valence-corrected chi connectivity index (χ0v) is 17.5. The summed E-state index contributed by atoms with van der Waals surface area (Å²) in [6, 6.07) is 12.3. The Bertz CT molecular complexity index is 1320. The number of hydrazone groups is 1. The second-order valence-corrected chi connectivity index (χ2v) is 8.09. The molecule has 0 atom stereocenters. The van der Waals surface area contributed by atoms with E-state index in [1.54, 1.807) is 24.3 Å². The average Bonchev–Trinajstić information content (AvgIpc) is 2.72. The number of hydrogen-bond acceptors (Lipinski definition) is 7. The van der Waals surface area contributed by atoms with Crippen LogP contribution in [0.1, 0.15) is 18.1 Å². The molecule has 0 aliphatic carbocycles. The highest BCUT2D eigenvalue weighted by Crippen LogP contribution is 2.19. The predicted molar refractivity (Wildman–Crippen MR) is 115 cm³/mol. The molecule has 2 aromatic carbocycles. The first kappa shape index (κ1) is 21.8. The minimum Gasteiger partial charge on any atom is -0.494 e. The summed E-state index contributed by atoms with van der Waals surface area (Å²) in [7, 11) is -3.98. The topological polar surface area (TPSA) is 143 Å². The van der Waals surface area contributed by atoms with E-state index in [2.05, 4.69) is 10.1 Å². The lowest BCUT2D eigenvalue weighted by Crippen LogP contribution is -2.31. The lowest BCUT2D eigenvalue weighted by Gasteiger charge is -2.10. The van der Waals surface area contributed by atoms with Gasteiger partial charge in [0.25, 0.3) is 15.6 Å². The second-order valence-electron chi connectivity index (χ2n) is 6.42. The first-order valence-corrected chi connectivity index (χ1v) is 10.6. The maximum absolute atomic E-state index is 12.3. The zero-order chi connectivity index (χ0) is 22.6. The van der Waals surface area contributed by atoms with Crippen LogP contribution in [0.5, 0.6) is 11.6 Å². The van der Waals surface area contributed by atoms with Gasteiger partial charge in [0.05, 0.1) is 23.4 Å². The van der Waals surface area contributed by atoms with Crippen LogP contribution in [0.4, 0.5) is 0 Å². The van der Waals surface area contributed by atoms with Gasteiger partial charge in [0.2, 0.25) is 5.88 Å². The van der Waals surface area contributed by atoms with Gasteiger partial charge in [-0.05, 0) is 50.2 Å². The molecule has 31 heavy (non-hydrogen) atoms. The first-order valence-electron chi connectivity index (χ1n) is 9.16. The van der Waals surface area contributed by atoms with Gasteiger partial charge in [-0.25, -0.2) is 14.2 Å². The third-order valence-corrected chi connectivity index (χ3v) is 5.46. The van der Waals surface area contributed by atoms with E-state index in [0.717, 1.165) is 16.3 Å². The number of aromatic amines is 1. The summed E-state index contributed by atoms with van der Waals surface area (Å²) in [5.41, 5.74) is -1.06.